The summed E-state index contributed by atoms with van der Waals surface area (Å²) in [5.41, 5.74) is 1.36. The zero-order chi connectivity index (χ0) is 15.4. The van der Waals surface area contributed by atoms with Crippen LogP contribution >= 0.6 is 15.9 Å². The number of halogens is 2. The fourth-order valence-corrected chi connectivity index (χ4v) is 2.56. The van der Waals surface area contributed by atoms with E-state index in [1.807, 2.05) is 25.1 Å². The molecule has 0 spiro atoms. The summed E-state index contributed by atoms with van der Waals surface area (Å²) < 4.78 is 25.1. The molecule has 1 atom stereocenters. The number of para-hydroxylation sites is 1. The number of anilines is 1. The van der Waals surface area contributed by atoms with E-state index in [1.165, 1.54) is 6.07 Å². The van der Waals surface area contributed by atoms with E-state index in [1.54, 1.807) is 26.4 Å². The summed E-state index contributed by atoms with van der Waals surface area (Å²) >= 11 is 3.35. The first-order valence-corrected chi connectivity index (χ1v) is 7.28. The van der Waals surface area contributed by atoms with E-state index in [9.17, 15) is 4.39 Å². The van der Waals surface area contributed by atoms with Crippen molar-refractivity contribution in [2.75, 3.05) is 19.5 Å². The molecule has 0 amide bonds. The molecule has 2 aromatic carbocycles. The highest BCUT2D eigenvalue weighted by Gasteiger charge is 2.15. The van der Waals surface area contributed by atoms with Crippen LogP contribution in [-0.2, 0) is 0 Å². The van der Waals surface area contributed by atoms with E-state index < -0.39 is 0 Å². The minimum Gasteiger partial charge on any atom is -0.497 e. The highest BCUT2D eigenvalue weighted by atomic mass is 79.9. The lowest BCUT2D eigenvalue weighted by molar-refractivity contribution is 0.390. The molecule has 3 nitrogen and oxygen atoms in total. The maximum Gasteiger partial charge on any atom is 0.147 e. The van der Waals surface area contributed by atoms with Gasteiger partial charge in [-0.3, -0.25) is 0 Å². The van der Waals surface area contributed by atoms with Gasteiger partial charge < -0.3 is 14.8 Å². The van der Waals surface area contributed by atoms with E-state index >= 15 is 0 Å². The second-order valence-corrected chi connectivity index (χ2v) is 5.42. The minimum absolute atomic E-state index is 0.126. The van der Waals surface area contributed by atoms with Crippen molar-refractivity contribution >= 4 is 21.6 Å². The minimum atomic E-state index is -0.302. The third-order valence-electron chi connectivity index (χ3n) is 3.23. The van der Waals surface area contributed by atoms with Crippen LogP contribution in [0, 0.1) is 5.82 Å². The van der Waals surface area contributed by atoms with Gasteiger partial charge in [0.25, 0.3) is 0 Å². The summed E-state index contributed by atoms with van der Waals surface area (Å²) in [6.07, 6.45) is 0. The Morgan fingerprint density at radius 2 is 1.90 bits per heavy atom. The molecule has 21 heavy (non-hydrogen) atoms. The Morgan fingerprint density at radius 1 is 1.14 bits per heavy atom. The smallest absolute Gasteiger partial charge is 0.147 e. The molecule has 0 bridgehead atoms. The van der Waals surface area contributed by atoms with Gasteiger partial charge in [-0.1, -0.05) is 6.07 Å². The molecule has 0 aliphatic carbocycles. The third-order valence-corrected chi connectivity index (χ3v) is 3.89. The molecule has 112 valence electrons. The molecule has 5 heteroatoms. The molecule has 2 rings (SSSR count). The molecule has 0 aromatic heterocycles. The Balaban J connectivity index is 2.30. The van der Waals surface area contributed by atoms with Gasteiger partial charge in [-0.2, -0.15) is 0 Å². The molecule has 0 aliphatic heterocycles. The van der Waals surface area contributed by atoms with E-state index in [4.69, 9.17) is 9.47 Å². The van der Waals surface area contributed by atoms with Crippen molar-refractivity contribution in [2.45, 2.75) is 13.0 Å². The number of methoxy groups -OCH3 is 2. The topological polar surface area (TPSA) is 30.5 Å². The molecule has 0 fully saturated rings. The van der Waals surface area contributed by atoms with Gasteiger partial charge in [0, 0.05) is 16.1 Å². The van der Waals surface area contributed by atoms with Crippen molar-refractivity contribution < 1.29 is 13.9 Å². The predicted octanol–water partition coefficient (Wildman–Crippen LogP) is 4.78. The van der Waals surface area contributed by atoms with Crippen molar-refractivity contribution in [3.8, 4) is 11.5 Å². The maximum atomic E-state index is 13.9. The van der Waals surface area contributed by atoms with Crippen molar-refractivity contribution in [1.82, 2.24) is 0 Å². The Hall–Kier alpha value is -1.75. The van der Waals surface area contributed by atoms with Crippen LogP contribution < -0.4 is 14.8 Å². The lowest BCUT2D eigenvalue weighted by Crippen LogP contribution is -2.10. The summed E-state index contributed by atoms with van der Waals surface area (Å²) in [4.78, 5) is 0. The maximum absolute atomic E-state index is 13.9. The van der Waals surface area contributed by atoms with Gasteiger partial charge in [0.05, 0.1) is 25.9 Å². The molecule has 0 saturated heterocycles. The highest BCUT2D eigenvalue weighted by molar-refractivity contribution is 9.10. The molecule has 0 heterocycles. The van der Waals surface area contributed by atoms with Crippen molar-refractivity contribution in [2.24, 2.45) is 0 Å². The second-order valence-electron chi connectivity index (χ2n) is 4.57. The normalized spacial score (nSPS) is 11.9. The number of hydrogen-bond donors (Lipinski definition) is 1. The first kappa shape index (κ1) is 15.6. The van der Waals surface area contributed by atoms with Crippen molar-refractivity contribution in [1.29, 1.82) is 0 Å². The second kappa shape index (κ2) is 6.80. The largest absolute Gasteiger partial charge is 0.497 e. The summed E-state index contributed by atoms with van der Waals surface area (Å²) in [5.74, 6) is 1.11. The van der Waals surface area contributed by atoms with Crippen LogP contribution in [0.25, 0.3) is 0 Å². The van der Waals surface area contributed by atoms with Gasteiger partial charge in [-0.25, -0.2) is 4.39 Å². The van der Waals surface area contributed by atoms with Crippen LogP contribution in [0.15, 0.2) is 40.9 Å². The van der Waals surface area contributed by atoms with Crippen LogP contribution in [0.4, 0.5) is 10.1 Å². The van der Waals surface area contributed by atoms with Gasteiger partial charge in [0.1, 0.15) is 17.3 Å². The summed E-state index contributed by atoms with van der Waals surface area (Å²) in [7, 11) is 3.20. The molecule has 1 N–H and O–H groups in total. The lowest BCUT2D eigenvalue weighted by Gasteiger charge is -2.20. The molecule has 0 aliphatic rings. The molecule has 0 radical (unpaired) electrons. The number of hydrogen-bond acceptors (Lipinski definition) is 3. The average molecular weight is 354 g/mol. The molecule has 0 saturated carbocycles. The SMILES string of the molecule is COc1ccc(C(C)Nc2c(F)cccc2Br)c(OC)c1. The zero-order valence-corrected chi connectivity index (χ0v) is 13.7. The third kappa shape index (κ3) is 3.47. The quantitative estimate of drug-likeness (QED) is 0.838. The van der Waals surface area contributed by atoms with Gasteiger partial charge in [-0.05, 0) is 47.1 Å². The average Bonchev–Trinajstić information content (AvgIpc) is 2.50. The van der Waals surface area contributed by atoms with E-state index in [0.717, 1.165) is 11.3 Å². The Bertz CT molecular complexity index is 613. The molecule has 2 aromatic rings. The summed E-state index contributed by atoms with van der Waals surface area (Å²) in [6.45, 7) is 1.95. The van der Waals surface area contributed by atoms with Gasteiger partial charge in [0.15, 0.2) is 0 Å². The monoisotopic (exact) mass is 353 g/mol. The van der Waals surface area contributed by atoms with Crippen molar-refractivity contribution in [3.63, 3.8) is 0 Å². The summed E-state index contributed by atoms with van der Waals surface area (Å²) in [5, 5.41) is 3.16. The predicted molar refractivity (Wildman–Crippen MR) is 85.7 cm³/mol. The fraction of sp³-hybridized carbons (Fsp3) is 0.250. The lowest BCUT2D eigenvalue weighted by atomic mass is 10.1. The zero-order valence-electron chi connectivity index (χ0n) is 12.1. The molecular weight excluding hydrogens is 337 g/mol. The Kier molecular flexibility index (Phi) is 5.07. The Morgan fingerprint density at radius 3 is 2.52 bits per heavy atom. The fourth-order valence-electron chi connectivity index (χ4n) is 2.11. The van der Waals surface area contributed by atoms with Crippen LogP contribution in [0.5, 0.6) is 11.5 Å². The van der Waals surface area contributed by atoms with E-state index in [2.05, 4.69) is 21.2 Å². The Labute approximate surface area is 132 Å². The van der Waals surface area contributed by atoms with E-state index in [-0.39, 0.29) is 11.9 Å². The summed E-state index contributed by atoms with van der Waals surface area (Å²) in [6, 6.07) is 10.3. The number of ether oxygens (including phenoxy) is 2. The highest BCUT2D eigenvalue weighted by Crippen LogP contribution is 2.34. The number of nitrogens with one attached hydrogen (secondary N) is 1. The number of benzene rings is 2. The van der Waals surface area contributed by atoms with Gasteiger partial charge >= 0.3 is 0 Å². The van der Waals surface area contributed by atoms with Crippen LogP contribution in [0.1, 0.15) is 18.5 Å². The first-order chi connectivity index (χ1) is 10.1. The van der Waals surface area contributed by atoms with Crippen LogP contribution in [0.2, 0.25) is 0 Å². The van der Waals surface area contributed by atoms with Crippen molar-refractivity contribution in [3.05, 3.63) is 52.3 Å². The molecular formula is C16H17BrFNO2. The number of rotatable bonds is 5. The van der Waals surface area contributed by atoms with Gasteiger partial charge in [-0.15, -0.1) is 0 Å². The van der Waals surface area contributed by atoms with Crippen LogP contribution in [0.3, 0.4) is 0 Å². The van der Waals surface area contributed by atoms with Gasteiger partial charge in [0.2, 0.25) is 0 Å². The standard InChI is InChI=1S/C16H17BrFNO2/c1-10(19-16-13(17)5-4-6-14(16)18)12-8-7-11(20-2)9-15(12)21-3/h4-10,19H,1-3H3. The van der Waals surface area contributed by atoms with Crippen LogP contribution in [-0.4, -0.2) is 14.2 Å². The molecule has 1 unspecified atom stereocenters. The first-order valence-electron chi connectivity index (χ1n) is 6.49. The van der Waals surface area contributed by atoms with E-state index in [0.29, 0.717) is 15.9 Å².